The standard InChI is InChI=1S/C10H21N3O4/c1-10(2,3)17-9(15)13-6-5-12-8(14)16-7-4-11/h4-7,11H2,1-3H3,(H,12,14)(H,13,15). The molecule has 100 valence electrons. The van der Waals surface area contributed by atoms with Crippen molar-refractivity contribution in [3.8, 4) is 0 Å². The minimum absolute atomic E-state index is 0.172. The van der Waals surface area contributed by atoms with Gasteiger partial charge < -0.3 is 25.8 Å². The van der Waals surface area contributed by atoms with Crippen molar-refractivity contribution in [3.63, 3.8) is 0 Å². The van der Waals surface area contributed by atoms with E-state index in [2.05, 4.69) is 15.4 Å². The van der Waals surface area contributed by atoms with Crippen molar-refractivity contribution in [1.82, 2.24) is 10.6 Å². The second-order valence-electron chi connectivity index (χ2n) is 4.28. The Morgan fingerprint density at radius 1 is 1.12 bits per heavy atom. The van der Waals surface area contributed by atoms with Crippen LogP contribution in [0.4, 0.5) is 9.59 Å². The van der Waals surface area contributed by atoms with Crippen molar-refractivity contribution < 1.29 is 19.1 Å². The number of rotatable bonds is 5. The lowest BCUT2D eigenvalue weighted by Gasteiger charge is -2.19. The van der Waals surface area contributed by atoms with Gasteiger partial charge in [-0.15, -0.1) is 0 Å². The van der Waals surface area contributed by atoms with E-state index < -0.39 is 17.8 Å². The van der Waals surface area contributed by atoms with E-state index in [1.54, 1.807) is 20.8 Å². The molecular weight excluding hydrogens is 226 g/mol. The molecule has 7 heteroatoms. The number of amides is 2. The minimum atomic E-state index is -0.554. The molecule has 0 aliphatic heterocycles. The van der Waals surface area contributed by atoms with Gasteiger partial charge in [0.15, 0.2) is 0 Å². The molecular formula is C10H21N3O4. The van der Waals surface area contributed by atoms with Crippen molar-refractivity contribution in [2.24, 2.45) is 5.73 Å². The number of ether oxygens (including phenoxy) is 2. The number of hydrogen-bond donors (Lipinski definition) is 3. The van der Waals surface area contributed by atoms with Crippen LogP contribution < -0.4 is 16.4 Å². The maximum Gasteiger partial charge on any atom is 0.407 e. The Labute approximate surface area is 101 Å². The number of nitrogens with one attached hydrogen (secondary N) is 2. The third-order valence-electron chi connectivity index (χ3n) is 1.41. The van der Waals surface area contributed by atoms with Crippen molar-refractivity contribution in [3.05, 3.63) is 0 Å². The summed E-state index contributed by atoms with van der Waals surface area (Å²) in [5, 5.41) is 4.94. The van der Waals surface area contributed by atoms with Crippen molar-refractivity contribution in [2.75, 3.05) is 26.2 Å². The van der Waals surface area contributed by atoms with Crippen LogP contribution in [0.1, 0.15) is 20.8 Å². The van der Waals surface area contributed by atoms with E-state index in [9.17, 15) is 9.59 Å². The third-order valence-corrected chi connectivity index (χ3v) is 1.41. The van der Waals surface area contributed by atoms with E-state index in [4.69, 9.17) is 10.5 Å². The van der Waals surface area contributed by atoms with E-state index in [1.807, 2.05) is 0 Å². The van der Waals surface area contributed by atoms with Crippen LogP contribution in [0.3, 0.4) is 0 Å². The Morgan fingerprint density at radius 2 is 1.65 bits per heavy atom. The minimum Gasteiger partial charge on any atom is -0.448 e. The molecule has 0 atom stereocenters. The van der Waals surface area contributed by atoms with E-state index in [0.29, 0.717) is 0 Å². The molecule has 0 bridgehead atoms. The number of alkyl carbamates (subject to hydrolysis) is 2. The molecule has 7 nitrogen and oxygen atoms in total. The second kappa shape index (κ2) is 7.72. The summed E-state index contributed by atoms with van der Waals surface area (Å²) in [6.45, 7) is 6.31. The monoisotopic (exact) mass is 247 g/mol. The summed E-state index contributed by atoms with van der Waals surface area (Å²) in [7, 11) is 0. The van der Waals surface area contributed by atoms with Gasteiger partial charge in [0.05, 0.1) is 0 Å². The van der Waals surface area contributed by atoms with Crippen molar-refractivity contribution >= 4 is 12.2 Å². The summed E-state index contributed by atoms with van der Waals surface area (Å²) in [6, 6.07) is 0. The van der Waals surface area contributed by atoms with Crippen LogP contribution in [0.5, 0.6) is 0 Å². The average molecular weight is 247 g/mol. The van der Waals surface area contributed by atoms with E-state index in [1.165, 1.54) is 0 Å². The zero-order valence-electron chi connectivity index (χ0n) is 10.5. The van der Waals surface area contributed by atoms with E-state index in [-0.39, 0.29) is 26.2 Å². The van der Waals surface area contributed by atoms with Crippen LogP contribution in [0.2, 0.25) is 0 Å². The van der Waals surface area contributed by atoms with Gasteiger partial charge in [-0.2, -0.15) is 0 Å². The number of hydrogen-bond acceptors (Lipinski definition) is 5. The highest BCUT2D eigenvalue weighted by Crippen LogP contribution is 2.05. The predicted octanol–water partition coefficient (Wildman–Crippen LogP) is 0.196. The zero-order chi connectivity index (χ0) is 13.3. The van der Waals surface area contributed by atoms with Crippen LogP contribution in [0, 0.1) is 0 Å². The Morgan fingerprint density at radius 3 is 2.12 bits per heavy atom. The lowest BCUT2D eigenvalue weighted by atomic mass is 10.2. The first kappa shape index (κ1) is 15.5. The zero-order valence-corrected chi connectivity index (χ0v) is 10.5. The fourth-order valence-corrected chi connectivity index (χ4v) is 0.846. The van der Waals surface area contributed by atoms with E-state index >= 15 is 0 Å². The van der Waals surface area contributed by atoms with Crippen LogP contribution in [-0.2, 0) is 9.47 Å². The van der Waals surface area contributed by atoms with Gasteiger partial charge >= 0.3 is 12.2 Å². The van der Waals surface area contributed by atoms with Gasteiger partial charge in [-0.1, -0.05) is 0 Å². The first-order chi connectivity index (χ1) is 7.85. The highest BCUT2D eigenvalue weighted by Gasteiger charge is 2.15. The molecule has 4 N–H and O–H groups in total. The highest BCUT2D eigenvalue weighted by atomic mass is 16.6. The highest BCUT2D eigenvalue weighted by molar-refractivity contribution is 5.68. The molecule has 0 aromatic rings. The van der Waals surface area contributed by atoms with Crippen LogP contribution in [-0.4, -0.2) is 44.0 Å². The summed E-state index contributed by atoms with van der Waals surface area (Å²) in [5.74, 6) is 0. The number of carbonyl (C=O) groups excluding carboxylic acids is 2. The van der Waals surface area contributed by atoms with Gasteiger partial charge in [0.25, 0.3) is 0 Å². The molecule has 0 unspecified atom stereocenters. The SMILES string of the molecule is CC(C)(C)OC(=O)NCCNC(=O)OCCN. The quantitative estimate of drug-likeness (QED) is 0.602. The average Bonchev–Trinajstić information content (AvgIpc) is 2.19. The third kappa shape index (κ3) is 10.8. The Bertz CT molecular complexity index is 250. The lowest BCUT2D eigenvalue weighted by Crippen LogP contribution is -2.38. The molecule has 2 amide bonds. The fraction of sp³-hybridized carbons (Fsp3) is 0.800. The molecule has 17 heavy (non-hydrogen) atoms. The topological polar surface area (TPSA) is 103 Å². The van der Waals surface area contributed by atoms with Gasteiger partial charge in [-0.25, -0.2) is 9.59 Å². The molecule has 0 aromatic heterocycles. The molecule has 0 aliphatic rings. The van der Waals surface area contributed by atoms with Gasteiger partial charge in [-0.3, -0.25) is 0 Å². The van der Waals surface area contributed by atoms with Gasteiger partial charge in [0.1, 0.15) is 12.2 Å². The smallest absolute Gasteiger partial charge is 0.407 e. The number of carbonyl (C=O) groups is 2. The molecule has 0 spiro atoms. The summed E-state index contributed by atoms with van der Waals surface area (Å²) >= 11 is 0. The van der Waals surface area contributed by atoms with Crippen molar-refractivity contribution in [2.45, 2.75) is 26.4 Å². The molecule has 0 radical (unpaired) electrons. The predicted molar refractivity (Wildman–Crippen MR) is 62.6 cm³/mol. The van der Waals surface area contributed by atoms with Crippen LogP contribution in [0.15, 0.2) is 0 Å². The summed E-state index contributed by atoms with van der Waals surface area (Å²) in [5.41, 5.74) is 4.62. The Kier molecular flexibility index (Phi) is 7.04. The first-order valence-electron chi connectivity index (χ1n) is 5.42. The molecule has 0 heterocycles. The molecule has 0 saturated heterocycles. The largest absolute Gasteiger partial charge is 0.448 e. The van der Waals surface area contributed by atoms with Gasteiger partial charge in [0.2, 0.25) is 0 Å². The van der Waals surface area contributed by atoms with Crippen molar-refractivity contribution in [1.29, 1.82) is 0 Å². The molecule has 0 aromatic carbocycles. The second-order valence-corrected chi connectivity index (χ2v) is 4.28. The fourth-order valence-electron chi connectivity index (χ4n) is 0.846. The Hall–Kier alpha value is -1.50. The normalized spacial score (nSPS) is 10.6. The van der Waals surface area contributed by atoms with Gasteiger partial charge in [0, 0.05) is 19.6 Å². The number of nitrogens with two attached hydrogens (primary N) is 1. The summed E-state index contributed by atoms with van der Waals surface area (Å²) in [4.78, 5) is 22.1. The van der Waals surface area contributed by atoms with Gasteiger partial charge in [-0.05, 0) is 20.8 Å². The maximum atomic E-state index is 11.2. The lowest BCUT2D eigenvalue weighted by molar-refractivity contribution is 0.0527. The summed E-state index contributed by atoms with van der Waals surface area (Å²) < 4.78 is 9.66. The first-order valence-corrected chi connectivity index (χ1v) is 5.42. The van der Waals surface area contributed by atoms with Crippen LogP contribution in [0.25, 0.3) is 0 Å². The molecule has 0 aliphatic carbocycles. The van der Waals surface area contributed by atoms with Crippen LogP contribution >= 0.6 is 0 Å². The van der Waals surface area contributed by atoms with E-state index in [0.717, 1.165) is 0 Å². The molecule has 0 saturated carbocycles. The maximum absolute atomic E-state index is 11.2. The molecule has 0 rings (SSSR count). The summed E-state index contributed by atoms with van der Waals surface area (Å²) in [6.07, 6.45) is -1.07. The molecule has 0 fully saturated rings. The Balaban J connectivity index is 3.51.